The molecule has 0 amide bonds. The number of unbranched alkanes of at least 4 members (excludes halogenated alkanes) is 10. The van der Waals surface area contributed by atoms with E-state index in [-0.39, 0.29) is 5.96 Å². The van der Waals surface area contributed by atoms with Crippen LogP contribution in [0.25, 0.3) is 0 Å². The molecule has 11 N–H and O–H groups in total. The molecule has 0 fully saturated rings. The Hall–Kier alpha value is -3.98. The second-order valence-electron chi connectivity index (χ2n) is 10.6. The van der Waals surface area contributed by atoms with Gasteiger partial charge in [-0.05, 0) is 52.6 Å². The minimum absolute atomic E-state index is 0.205. The first kappa shape index (κ1) is 53.8. The van der Waals surface area contributed by atoms with Gasteiger partial charge in [0.1, 0.15) is 0 Å². The molecule has 302 valence electrons. The first-order valence-corrected chi connectivity index (χ1v) is 15.7. The number of aliphatic imine (C=N–C) groups is 2. The van der Waals surface area contributed by atoms with Crippen molar-refractivity contribution in [1.29, 1.82) is 0 Å². The van der Waals surface area contributed by atoms with Gasteiger partial charge in [0, 0.05) is 13.1 Å². The summed E-state index contributed by atoms with van der Waals surface area (Å²) in [5.74, 6) is -7.51. The summed E-state index contributed by atoms with van der Waals surface area (Å²) >= 11 is 0. The van der Waals surface area contributed by atoms with E-state index in [0.29, 0.717) is 12.5 Å². The van der Waals surface area contributed by atoms with E-state index < -0.39 is 36.4 Å². The summed E-state index contributed by atoms with van der Waals surface area (Å²) in [6, 6.07) is 0. The highest BCUT2D eigenvalue weighted by Crippen LogP contribution is 2.14. The van der Waals surface area contributed by atoms with Gasteiger partial charge in [-0.25, -0.2) is 19.4 Å². The SMILES string of the molecule is CC(C)=CCN=C(N)NCCCCCCCCNCCCCCCCCN=C(N)N.O=C(O)C(F)(F)F.O=C(O)C(F)(F)F.O=C(O)C(F)(F)F. The molecule has 0 aromatic carbocycles. The molecular formula is C29H52F9N7O6. The highest BCUT2D eigenvalue weighted by molar-refractivity contribution is 5.77. The monoisotopic (exact) mass is 765 g/mol. The largest absolute Gasteiger partial charge is 0.490 e. The standard InChI is InChI=1S/C23H49N7.3C2HF3O2/c1-21(2)15-20-30-23(26)29-19-14-10-6-4-8-12-17-27-16-11-7-3-5-9-13-18-28-22(24)25;3*3-2(4,5)1(6)7/h15,27H,3-14,16-20H2,1-2H3,(H4,24,25,28)(H3,26,29,30);3*(H,6,7). The number of alkyl halides is 9. The molecule has 13 nitrogen and oxygen atoms in total. The zero-order valence-corrected chi connectivity index (χ0v) is 28.7. The van der Waals surface area contributed by atoms with Gasteiger partial charge in [-0.3, -0.25) is 4.99 Å². The number of aliphatic carboxylic acids is 3. The number of guanidine groups is 2. The minimum Gasteiger partial charge on any atom is -0.475 e. The number of hydrogen-bond donors (Lipinski definition) is 8. The van der Waals surface area contributed by atoms with E-state index in [1.165, 1.54) is 69.8 Å². The Morgan fingerprint density at radius 1 is 0.569 bits per heavy atom. The number of nitrogens with zero attached hydrogens (tertiary/aromatic N) is 2. The van der Waals surface area contributed by atoms with Crippen LogP contribution in [0.15, 0.2) is 21.6 Å². The van der Waals surface area contributed by atoms with Crippen LogP contribution >= 0.6 is 0 Å². The van der Waals surface area contributed by atoms with Crippen molar-refractivity contribution in [3.8, 4) is 0 Å². The predicted molar refractivity (Wildman–Crippen MR) is 174 cm³/mol. The molecule has 0 saturated heterocycles. The Labute approximate surface area is 291 Å². The second kappa shape index (κ2) is 32.0. The summed E-state index contributed by atoms with van der Waals surface area (Å²) in [5.41, 5.74) is 17.7. The molecule has 0 aliphatic carbocycles. The maximum absolute atomic E-state index is 10.6. The first-order valence-electron chi connectivity index (χ1n) is 15.7. The van der Waals surface area contributed by atoms with Crippen LogP contribution < -0.4 is 27.8 Å². The Morgan fingerprint density at radius 3 is 1.20 bits per heavy atom. The van der Waals surface area contributed by atoms with Crippen LogP contribution in [0.4, 0.5) is 39.5 Å². The molecule has 22 heteroatoms. The Morgan fingerprint density at radius 2 is 0.882 bits per heavy atom. The van der Waals surface area contributed by atoms with Crippen LogP contribution in [0.5, 0.6) is 0 Å². The number of carboxylic acids is 3. The normalized spacial score (nSPS) is 11.3. The van der Waals surface area contributed by atoms with Crippen LogP contribution in [0.1, 0.15) is 90.9 Å². The summed E-state index contributed by atoms with van der Waals surface area (Å²) in [6.45, 7) is 8.78. The molecule has 0 unspecified atom stereocenters. The van der Waals surface area contributed by atoms with Gasteiger partial charge >= 0.3 is 36.4 Å². The molecule has 0 rings (SSSR count). The number of nitrogens with one attached hydrogen (secondary N) is 2. The lowest BCUT2D eigenvalue weighted by Crippen LogP contribution is -2.32. The van der Waals surface area contributed by atoms with E-state index in [0.717, 1.165) is 39.0 Å². The summed E-state index contributed by atoms with van der Waals surface area (Å²) in [6.07, 6.45) is 1.97. The molecule has 0 aliphatic heterocycles. The van der Waals surface area contributed by atoms with E-state index >= 15 is 0 Å². The maximum atomic E-state index is 10.6. The first-order chi connectivity index (χ1) is 23.3. The molecule has 0 atom stereocenters. The number of rotatable bonds is 20. The lowest BCUT2D eigenvalue weighted by atomic mass is 10.1. The molecule has 0 aliphatic rings. The number of carbonyl (C=O) groups is 3. The van der Waals surface area contributed by atoms with E-state index in [1.54, 1.807) is 0 Å². The number of hydrogen-bond acceptors (Lipinski definition) is 6. The molecular weight excluding hydrogens is 713 g/mol. The van der Waals surface area contributed by atoms with Crippen molar-refractivity contribution in [2.75, 3.05) is 32.7 Å². The average Bonchev–Trinajstić information content (AvgIpc) is 2.97. The van der Waals surface area contributed by atoms with Crippen molar-refractivity contribution in [2.45, 2.75) is 109 Å². The van der Waals surface area contributed by atoms with Crippen molar-refractivity contribution in [3.63, 3.8) is 0 Å². The molecule has 0 spiro atoms. The zero-order valence-electron chi connectivity index (χ0n) is 28.7. The van der Waals surface area contributed by atoms with Gasteiger partial charge in [0.25, 0.3) is 0 Å². The minimum atomic E-state index is -5.08. The number of halogens is 9. The molecule has 0 aromatic rings. The quantitative estimate of drug-likeness (QED) is 0.0260. The fourth-order valence-electron chi connectivity index (χ4n) is 3.08. The van der Waals surface area contributed by atoms with Crippen molar-refractivity contribution in [3.05, 3.63) is 11.6 Å². The Bertz CT molecular complexity index is 957. The fourth-order valence-corrected chi connectivity index (χ4v) is 3.08. The van der Waals surface area contributed by atoms with Crippen molar-refractivity contribution < 1.29 is 69.2 Å². The van der Waals surface area contributed by atoms with E-state index in [2.05, 4.69) is 40.5 Å². The van der Waals surface area contributed by atoms with Gasteiger partial charge in [0.05, 0.1) is 6.54 Å². The highest BCUT2D eigenvalue weighted by Gasteiger charge is 2.39. The van der Waals surface area contributed by atoms with Gasteiger partial charge in [-0.1, -0.05) is 63.0 Å². The fraction of sp³-hybridized carbons (Fsp3) is 0.759. The maximum Gasteiger partial charge on any atom is 0.490 e. The van der Waals surface area contributed by atoms with Gasteiger partial charge in [0.15, 0.2) is 11.9 Å². The van der Waals surface area contributed by atoms with Crippen LogP contribution in [-0.2, 0) is 14.4 Å². The summed E-state index contributed by atoms with van der Waals surface area (Å²) in [7, 11) is 0. The van der Waals surface area contributed by atoms with Crippen LogP contribution in [0, 0.1) is 0 Å². The van der Waals surface area contributed by atoms with Gasteiger partial charge in [0.2, 0.25) is 0 Å². The van der Waals surface area contributed by atoms with E-state index in [1.807, 2.05) is 0 Å². The van der Waals surface area contributed by atoms with Crippen LogP contribution in [0.2, 0.25) is 0 Å². The Kier molecular flexibility index (Phi) is 33.7. The summed E-state index contributed by atoms with van der Waals surface area (Å²) in [4.78, 5) is 35.0. The molecule has 51 heavy (non-hydrogen) atoms. The lowest BCUT2D eigenvalue weighted by molar-refractivity contribution is -0.193. The third kappa shape index (κ3) is 50.5. The van der Waals surface area contributed by atoms with Crippen molar-refractivity contribution >= 4 is 29.8 Å². The van der Waals surface area contributed by atoms with Gasteiger partial charge < -0.3 is 43.2 Å². The summed E-state index contributed by atoms with van der Waals surface area (Å²) in [5, 5.41) is 28.1. The van der Waals surface area contributed by atoms with Gasteiger partial charge in [-0.15, -0.1) is 0 Å². The van der Waals surface area contributed by atoms with E-state index in [4.69, 9.17) is 46.9 Å². The Balaban J connectivity index is -0.000000421. The van der Waals surface area contributed by atoms with E-state index in [9.17, 15) is 39.5 Å². The number of carboxylic acid groups (broad SMARTS) is 3. The van der Waals surface area contributed by atoms with Crippen LogP contribution in [-0.4, -0.2) is 96.4 Å². The third-order valence-electron chi connectivity index (χ3n) is 5.63. The summed E-state index contributed by atoms with van der Waals surface area (Å²) < 4.78 is 95.2. The zero-order chi connectivity index (χ0) is 40.5. The molecule has 0 heterocycles. The molecule has 0 saturated carbocycles. The topological polar surface area (TPSA) is 239 Å². The number of nitrogens with two attached hydrogens (primary N) is 3. The molecule has 0 aromatic heterocycles. The average molecular weight is 766 g/mol. The molecule has 0 bridgehead atoms. The molecule has 0 radical (unpaired) electrons. The van der Waals surface area contributed by atoms with Crippen molar-refractivity contribution in [1.82, 2.24) is 10.6 Å². The van der Waals surface area contributed by atoms with Crippen LogP contribution in [0.3, 0.4) is 0 Å². The highest BCUT2D eigenvalue weighted by atomic mass is 19.4. The predicted octanol–water partition coefficient (Wildman–Crippen LogP) is 5.30. The lowest BCUT2D eigenvalue weighted by Gasteiger charge is -2.06. The third-order valence-corrected chi connectivity index (χ3v) is 5.63. The van der Waals surface area contributed by atoms with Crippen molar-refractivity contribution in [2.24, 2.45) is 27.2 Å². The number of allylic oxidation sites excluding steroid dienone is 1. The smallest absolute Gasteiger partial charge is 0.475 e. The second-order valence-corrected chi connectivity index (χ2v) is 10.6. The van der Waals surface area contributed by atoms with Gasteiger partial charge in [-0.2, -0.15) is 39.5 Å².